The topological polar surface area (TPSA) is 29.5 Å². The van der Waals surface area contributed by atoms with Gasteiger partial charge >= 0.3 is 0 Å². The fourth-order valence-electron chi connectivity index (χ4n) is 6.58. The number of unbranched alkanes of at least 4 members (excludes halogenated alkanes) is 20. The van der Waals surface area contributed by atoms with E-state index in [1.54, 1.807) is 0 Å². The van der Waals surface area contributed by atoms with E-state index in [1.807, 2.05) is 24.3 Å². The molecule has 1 amide bonds. The Kier molecular flexibility index (Phi) is 25.7. The molecule has 1 unspecified atom stereocenters. The van der Waals surface area contributed by atoms with Crippen LogP contribution in [0.3, 0.4) is 0 Å². The molecular formula is C45H73NO2. The summed E-state index contributed by atoms with van der Waals surface area (Å²) in [7, 11) is 0. The molecule has 0 radical (unpaired) electrons. The lowest BCUT2D eigenvalue weighted by molar-refractivity contribution is -0.128. The van der Waals surface area contributed by atoms with Gasteiger partial charge in [0.05, 0.1) is 17.4 Å². The number of fused-ring (bicyclic) bond motifs is 1. The number of benzene rings is 1. The lowest BCUT2D eigenvalue weighted by Crippen LogP contribution is -2.29. The third kappa shape index (κ3) is 19.6. The molecule has 0 bridgehead atoms. The Morgan fingerprint density at radius 2 is 0.958 bits per heavy atom. The number of nitrogens with zero attached hydrogens (tertiary/aromatic N) is 1. The van der Waals surface area contributed by atoms with Gasteiger partial charge in [-0.3, -0.25) is 9.63 Å². The first-order valence-electron chi connectivity index (χ1n) is 20.4. The van der Waals surface area contributed by atoms with Crippen molar-refractivity contribution >= 4 is 11.6 Å². The van der Waals surface area contributed by atoms with E-state index >= 15 is 0 Å². The van der Waals surface area contributed by atoms with Gasteiger partial charge in [0.25, 0.3) is 5.91 Å². The molecule has 1 aromatic rings. The number of amides is 1. The van der Waals surface area contributed by atoms with E-state index in [2.05, 4.69) is 56.9 Å². The van der Waals surface area contributed by atoms with Crippen molar-refractivity contribution in [2.75, 3.05) is 0 Å². The molecule has 1 aliphatic rings. The molecule has 270 valence electrons. The Bertz CT molecular complexity index is 1000. The molecule has 3 nitrogen and oxygen atoms in total. The monoisotopic (exact) mass is 660 g/mol. The van der Waals surface area contributed by atoms with E-state index in [-0.39, 0.29) is 12.0 Å². The standard InChI is InChI=1S/C45H73NO2/c1-4-6-8-10-12-14-16-18-20-22-24-26-28-30-32-34-38-42(48-46-41(3)43-39-35-36-40-44(43)45(46)47)37-33-31-29-27-25-23-21-19-17-15-13-11-9-7-5-2/h12,14,17-20,35-36,39-40,42H,3-11,13,15-16,21-34,37-38H2,1-2H3/b14-12-,19-17-,20-18-. The highest BCUT2D eigenvalue weighted by molar-refractivity contribution is 6.07. The van der Waals surface area contributed by atoms with Crippen molar-refractivity contribution < 1.29 is 9.63 Å². The van der Waals surface area contributed by atoms with E-state index < -0.39 is 0 Å². The minimum atomic E-state index is -0.0665. The van der Waals surface area contributed by atoms with E-state index in [1.165, 1.54) is 146 Å². The zero-order chi connectivity index (χ0) is 34.3. The van der Waals surface area contributed by atoms with Gasteiger partial charge in [0, 0.05) is 5.56 Å². The van der Waals surface area contributed by atoms with Gasteiger partial charge in [-0.1, -0.05) is 178 Å². The molecule has 1 aromatic carbocycles. The molecule has 0 fully saturated rings. The summed E-state index contributed by atoms with van der Waals surface area (Å²) in [4.78, 5) is 19.5. The molecule has 0 saturated heterocycles. The molecule has 0 aliphatic carbocycles. The normalized spacial score (nSPS) is 14.0. The first-order chi connectivity index (χ1) is 23.7. The molecule has 2 rings (SSSR count). The summed E-state index contributed by atoms with van der Waals surface area (Å²) in [5.74, 6) is -0.0665. The van der Waals surface area contributed by atoms with E-state index in [4.69, 9.17) is 4.84 Å². The summed E-state index contributed by atoms with van der Waals surface area (Å²) in [6, 6.07) is 7.74. The highest BCUT2D eigenvalue weighted by atomic mass is 16.7. The molecule has 0 saturated carbocycles. The molecule has 48 heavy (non-hydrogen) atoms. The van der Waals surface area contributed by atoms with Crippen molar-refractivity contribution in [1.82, 2.24) is 5.06 Å². The van der Waals surface area contributed by atoms with Gasteiger partial charge in [-0.2, -0.15) is 5.06 Å². The lowest BCUT2D eigenvalue weighted by Gasteiger charge is -2.24. The Morgan fingerprint density at radius 1 is 0.562 bits per heavy atom. The van der Waals surface area contributed by atoms with Gasteiger partial charge in [0.1, 0.15) is 0 Å². The zero-order valence-electron chi connectivity index (χ0n) is 31.4. The number of hydroxylamine groups is 2. The van der Waals surface area contributed by atoms with Crippen LogP contribution in [0.1, 0.15) is 203 Å². The number of carbonyl (C=O) groups is 1. The maximum Gasteiger partial charge on any atom is 0.282 e. The van der Waals surface area contributed by atoms with E-state index in [0.29, 0.717) is 11.3 Å². The van der Waals surface area contributed by atoms with Crippen molar-refractivity contribution in [3.05, 3.63) is 78.4 Å². The number of allylic oxidation sites excluding steroid dienone is 6. The Morgan fingerprint density at radius 3 is 1.46 bits per heavy atom. The number of rotatable bonds is 32. The molecule has 1 aliphatic heterocycles. The van der Waals surface area contributed by atoms with Crippen molar-refractivity contribution in [2.24, 2.45) is 0 Å². The van der Waals surface area contributed by atoms with Crippen molar-refractivity contribution in [1.29, 1.82) is 0 Å². The van der Waals surface area contributed by atoms with Gasteiger partial charge in [-0.05, 0) is 76.7 Å². The summed E-state index contributed by atoms with van der Waals surface area (Å²) in [5, 5.41) is 1.49. The predicted molar refractivity (Wildman–Crippen MR) is 210 cm³/mol. The van der Waals surface area contributed by atoms with E-state index in [9.17, 15) is 4.79 Å². The minimum absolute atomic E-state index is 0.0665. The Balaban J connectivity index is 1.60. The number of hydrogen-bond donors (Lipinski definition) is 0. The molecule has 1 atom stereocenters. The molecule has 3 heteroatoms. The third-order valence-corrected chi connectivity index (χ3v) is 9.67. The number of carbonyl (C=O) groups excluding carboxylic acids is 1. The van der Waals surface area contributed by atoms with Gasteiger partial charge in [0.15, 0.2) is 0 Å². The maximum atomic E-state index is 13.1. The summed E-state index contributed by atoms with van der Waals surface area (Å²) < 4.78 is 0. The molecule has 0 aromatic heterocycles. The van der Waals surface area contributed by atoms with Gasteiger partial charge in [0.2, 0.25) is 0 Å². The second-order valence-corrected chi connectivity index (χ2v) is 14.1. The lowest BCUT2D eigenvalue weighted by atomic mass is 10.0. The average molecular weight is 660 g/mol. The van der Waals surface area contributed by atoms with Crippen LogP contribution in [0.15, 0.2) is 67.3 Å². The Hall–Kier alpha value is -2.39. The smallest absolute Gasteiger partial charge is 0.266 e. The van der Waals surface area contributed by atoms with Crippen LogP contribution < -0.4 is 0 Å². The van der Waals surface area contributed by atoms with Crippen LogP contribution in [0.5, 0.6) is 0 Å². The van der Waals surface area contributed by atoms with Crippen LogP contribution in [0, 0.1) is 0 Å². The van der Waals surface area contributed by atoms with Crippen molar-refractivity contribution in [3.8, 4) is 0 Å². The highest BCUT2D eigenvalue weighted by Gasteiger charge is 2.33. The van der Waals surface area contributed by atoms with Crippen LogP contribution in [0.4, 0.5) is 0 Å². The predicted octanol–water partition coefficient (Wildman–Crippen LogP) is 14.7. The minimum Gasteiger partial charge on any atom is -0.266 e. The Labute approximate surface area is 297 Å². The average Bonchev–Trinajstić information content (AvgIpc) is 3.34. The molecule has 1 heterocycles. The molecule has 0 spiro atoms. The fourth-order valence-corrected chi connectivity index (χ4v) is 6.58. The van der Waals surface area contributed by atoms with Crippen LogP contribution in [-0.4, -0.2) is 17.1 Å². The quantitative estimate of drug-likeness (QED) is 0.0569. The summed E-state index contributed by atoms with van der Waals surface area (Å²) in [6.45, 7) is 8.74. The largest absolute Gasteiger partial charge is 0.282 e. The first-order valence-corrected chi connectivity index (χ1v) is 20.4. The van der Waals surface area contributed by atoms with Crippen LogP contribution in [-0.2, 0) is 4.84 Å². The summed E-state index contributed by atoms with van der Waals surface area (Å²) in [6.07, 6.45) is 48.3. The van der Waals surface area contributed by atoms with Gasteiger partial charge < -0.3 is 0 Å². The second kappa shape index (κ2) is 29.5. The summed E-state index contributed by atoms with van der Waals surface area (Å²) >= 11 is 0. The van der Waals surface area contributed by atoms with Crippen molar-refractivity contribution in [3.63, 3.8) is 0 Å². The van der Waals surface area contributed by atoms with E-state index in [0.717, 1.165) is 37.7 Å². The zero-order valence-corrected chi connectivity index (χ0v) is 31.4. The van der Waals surface area contributed by atoms with Crippen LogP contribution in [0.25, 0.3) is 5.70 Å². The SMILES string of the molecule is C=C1c2ccccc2C(=O)N1OC(CCCCCCCC/C=C\C/C=C\CCCCC)CCCCCCCC/C=C\CCCCCCC. The second-order valence-electron chi connectivity index (χ2n) is 14.1. The third-order valence-electron chi connectivity index (χ3n) is 9.67. The number of hydrogen-bond acceptors (Lipinski definition) is 2. The maximum absolute atomic E-state index is 13.1. The molecule has 0 N–H and O–H groups in total. The highest BCUT2D eigenvalue weighted by Crippen LogP contribution is 2.33. The van der Waals surface area contributed by atoms with Gasteiger partial charge in [-0.15, -0.1) is 0 Å². The van der Waals surface area contributed by atoms with Gasteiger partial charge in [-0.25, -0.2) is 0 Å². The first kappa shape index (κ1) is 41.8. The molecular weight excluding hydrogens is 587 g/mol. The van der Waals surface area contributed by atoms with Crippen molar-refractivity contribution in [2.45, 2.75) is 193 Å². The van der Waals surface area contributed by atoms with Crippen LogP contribution >= 0.6 is 0 Å². The summed E-state index contributed by atoms with van der Waals surface area (Å²) in [5.41, 5.74) is 2.29. The van der Waals surface area contributed by atoms with Crippen LogP contribution in [0.2, 0.25) is 0 Å². The fraction of sp³-hybridized carbons (Fsp3) is 0.667.